The molecule has 3 heteroatoms. The van der Waals surface area contributed by atoms with E-state index in [9.17, 15) is 4.79 Å². The van der Waals surface area contributed by atoms with E-state index in [0.29, 0.717) is 0 Å². The third-order valence-corrected chi connectivity index (χ3v) is 5.73. The first-order valence-corrected chi connectivity index (χ1v) is 10.5. The maximum absolute atomic E-state index is 12.9. The molecule has 0 heterocycles. The molecule has 0 radical (unpaired) electrons. The Balaban J connectivity index is 1.42. The Kier molecular flexibility index (Phi) is 6.23. The van der Waals surface area contributed by atoms with E-state index < -0.39 is 0 Å². The molecule has 1 aliphatic rings. The van der Waals surface area contributed by atoms with E-state index in [-0.39, 0.29) is 17.2 Å². The average molecular weight is 407 g/mol. The van der Waals surface area contributed by atoms with Crippen molar-refractivity contribution >= 4 is 17.7 Å². The van der Waals surface area contributed by atoms with Crippen molar-refractivity contribution in [2.45, 2.75) is 18.8 Å². The third kappa shape index (κ3) is 4.72. The molecule has 31 heavy (non-hydrogen) atoms. The van der Waals surface area contributed by atoms with Crippen molar-refractivity contribution in [3.05, 3.63) is 126 Å². The Morgan fingerprint density at radius 2 is 1.42 bits per heavy atom. The second-order valence-electron chi connectivity index (χ2n) is 7.82. The predicted octanol–water partition coefficient (Wildman–Crippen LogP) is 5.75. The van der Waals surface area contributed by atoms with Gasteiger partial charge in [-0.3, -0.25) is 4.79 Å². The molecule has 0 bridgehead atoms. The maximum atomic E-state index is 12.9. The van der Waals surface area contributed by atoms with Gasteiger partial charge in [0.05, 0.1) is 11.6 Å². The van der Waals surface area contributed by atoms with Crippen LogP contribution >= 0.6 is 0 Å². The first-order valence-electron chi connectivity index (χ1n) is 10.5. The average Bonchev–Trinajstić information content (AvgIpc) is 3.59. The summed E-state index contributed by atoms with van der Waals surface area (Å²) in [6.45, 7) is 1.88. The van der Waals surface area contributed by atoms with Gasteiger partial charge in [-0.2, -0.15) is 5.10 Å². The summed E-state index contributed by atoms with van der Waals surface area (Å²) >= 11 is 0. The highest BCUT2D eigenvalue weighted by Gasteiger charge is 2.60. The van der Waals surface area contributed by atoms with Crippen LogP contribution in [0.5, 0.6) is 0 Å². The zero-order valence-corrected chi connectivity index (χ0v) is 17.6. The van der Waals surface area contributed by atoms with Gasteiger partial charge in [-0.15, -0.1) is 0 Å². The first kappa shape index (κ1) is 20.5. The molecular formula is C28H26N2O. The van der Waals surface area contributed by atoms with E-state index in [1.807, 2.05) is 98.0 Å². The van der Waals surface area contributed by atoms with Gasteiger partial charge in [-0.25, -0.2) is 5.43 Å². The lowest BCUT2D eigenvalue weighted by Gasteiger charge is -2.18. The summed E-state index contributed by atoms with van der Waals surface area (Å²) in [6, 6.07) is 30.7. The molecule has 3 nitrogen and oxygen atoms in total. The van der Waals surface area contributed by atoms with E-state index >= 15 is 0 Å². The molecule has 1 saturated carbocycles. The van der Waals surface area contributed by atoms with Crippen molar-refractivity contribution in [1.29, 1.82) is 0 Å². The summed E-state index contributed by atoms with van der Waals surface area (Å²) in [5.74, 6) is -0.170. The Labute approximate surface area is 183 Å². The lowest BCUT2D eigenvalue weighted by Crippen LogP contribution is -2.26. The molecule has 1 N–H and O–H groups in total. The van der Waals surface area contributed by atoms with Crippen LogP contribution in [0.15, 0.2) is 114 Å². The monoisotopic (exact) mass is 406 g/mol. The third-order valence-electron chi connectivity index (χ3n) is 5.73. The SMILES string of the molecule is CC(/C=C\C=C\c1ccccc1)=N\NC(=O)C1CC1(c1ccccc1)c1ccccc1. The van der Waals surface area contributed by atoms with Gasteiger partial charge in [0.1, 0.15) is 0 Å². The first-order chi connectivity index (χ1) is 15.2. The quantitative estimate of drug-likeness (QED) is 0.303. The van der Waals surface area contributed by atoms with Crippen molar-refractivity contribution in [1.82, 2.24) is 5.43 Å². The standard InChI is InChI=1S/C28H26N2O/c1-22(13-11-12-16-23-14-5-2-6-15-23)29-30-27(31)26-21-28(26,24-17-7-3-8-18-24)25-19-9-4-10-20-25/h2-20,26H,21H2,1H3,(H,30,31)/b13-11-,16-12+,29-22+. The fourth-order valence-electron chi connectivity index (χ4n) is 4.04. The molecule has 1 atom stereocenters. The van der Waals surface area contributed by atoms with Crippen molar-refractivity contribution in [3.63, 3.8) is 0 Å². The minimum absolute atomic E-state index is 0.0414. The van der Waals surface area contributed by atoms with Crippen molar-refractivity contribution in [2.24, 2.45) is 11.0 Å². The molecule has 0 aliphatic heterocycles. The number of nitrogens with one attached hydrogen (secondary N) is 1. The fourth-order valence-corrected chi connectivity index (χ4v) is 4.04. The van der Waals surface area contributed by atoms with E-state index in [0.717, 1.165) is 17.7 Å². The van der Waals surface area contributed by atoms with Crippen LogP contribution in [0.4, 0.5) is 0 Å². The molecule has 3 aromatic rings. The highest BCUT2D eigenvalue weighted by molar-refractivity contribution is 5.94. The van der Waals surface area contributed by atoms with Crippen molar-refractivity contribution in [2.75, 3.05) is 0 Å². The van der Waals surface area contributed by atoms with Gasteiger partial charge in [-0.05, 0) is 36.1 Å². The number of benzene rings is 3. The predicted molar refractivity (Wildman–Crippen MR) is 128 cm³/mol. The topological polar surface area (TPSA) is 41.5 Å². The van der Waals surface area contributed by atoms with Gasteiger partial charge in [0, 0.05) is 5.41 Å². The minimum Gasteiger partial charge on any atom is -0.273 e. The van der Waals surface area contributed by atoms with Crippen LogP contribution in [0.1, 0.15) is 30.0 Å². The van der Waals surface area contributed by atoms with E-state index in [1.54, 1.807) is 0 Å². The highest BCUT2D eigenvalue weighted by Crippen LogP contribution is 2.58. The van der Waals surface area contributed by atoms with Crippen molar-refractivity contribution in [3.8, 4) is 0 Å². The summed E-state index contributed by atoms with van der Waals surface area (Å²) < 4.78 is 0. The van der Waals surface area contributed by atoms with Crippen LogP contribution in [0, 0.1) is 5.92 Å². The summed E-state index contributed by atoms with van der Waals surface area (Å²) in [4.78, 5) is 12.9. The van der Waals surface area contributed by atoms with Gasteiger partial charge in [-0.1, -0.05) is 109 Å². The largest absolute Gasteiger partial charge is 0.273 e. The number of nitrogens with zero attached hydrogens (tertiary/aromatic N) is 1. The number of hydrogen-bond donors (Lipinski definition) is 1. The number of hydrogen-bond acceptors (Lipinski definition) is 2. The maximum Gasteiger partial charge on any atom is 0.244 e. The fraction of sp³-hybridized carbons (Fsp3) is 0.143. The zero-order valence-electron chi connectivity index (χ0n) is 17.6. The molecular weight excluding hydrogens is 380 g/mol. The molecule has 1 unspecified atom stereocenters. The molecule has 154 valence electrons. The van der Waals surface area contributed by atoms with Crippen LogP contribution in [0.2, 0.25) is 0 Å². The summed E-state index contributed by atoms with van der Waals surface area (Å²) in [5, 5.41) is 4.28. The number of carbonyl (C=O) groups is 1. The van der Waals surface area contributed by atoms with Gasteiger partial charge < -0.3 is 0 Å². The lowest BCUT2D eigenvalue weighted by molar-refractivity contribution is -0.122. The smallest absolute Gasteiger partial charge is 0.244 e. The van der Waals surface area contributed by atoms with Crippen LogP contribution in [-0.2, 0) is 10.2 Å². The number of allylic oxidation sites excluding steroid dienone is 3. The van der Waals surface area contributed by atoms with Crippen LogP contribution in [-0.4, -0.2) is 11.6 Å². The van der Waals surface area contributed by atoms with E-state index in [4.69, 9.17) is 0 Å². The van der Waals surface area contributed by atoms with Crippen LogP contribution < -0.4 is 5.43 Å². The van der Waals surface area contributed by atoms with Gasteiger partial charge >= 0.3 is 0 Å². The number of carbonyl (C=O) groups excluding carboxylic acids is 1. The summed E-state index contributed by atoms with van der Waals surface area (Å²) in [5.41, 5.74) is 6.73. The van der Waals surface area contributed by atoms with Crippen LogP contribution in [0.25, 0.3) is 6.08 Å². The molecule has 0 aromatic heterocycles. The van der Waals surface area contributed by atoms with Crippen molar-refractivity contribution < 1.29 is 4.79 Å². The molecule has 0 spiro atoms. The second kappa shape index (κ2) is 9.40. The summed E-state index contributed by atoms with van der Waals surface area (Å²) in [7, 11) is 0. The Morgan fingerprint density at radius 1 is 0.871 bits per heavy atom. The molecule has 3 aromatic carbocycles. The zero-order chi connectivity index (χ0) is 21.5. The second-order valence-corrected chi connectivity index (χ2v) is 7.82. The van der Waals surface area contributed by atoms with E-state index in [2.05, 4.69) is 34.8 Å². The number of rotatable bonds is 7. The number of hydrazone groups is 1. The van der Waals surface area contributed by atoms with Gasteiger partial charge in [0.15, 0.2) is 0 Å². The van der Waals surface area contributed by atoms with E-state index in [1.165, 1.54) is 11.1 Å². The minimum atomic E-state index is -0.274. The molecule has 1 fully saturated rings. The highest BCUT2D eigenvalue weighted by atomic mass is 16.2. The normalized spacial score (nSPS) is 17.7. The van der Waals surface area contributed by atoms with Gasteiger partial charge in [0.2, 0.25) is 5.91 Å². The summed E-state index contributed by atoms with van der Waals surface area (Å²) in [6.07, 6.45) is 8.59. The van der Waals surface area contributed by atoms with Gasteiger partial charge in [0.25, 0.3) is 0 Å². The molecule has 1 amide bonds. The lowest BCUT2D eigenvalue weighted by atomic mass is 9.85. The molecule has 4 rings (SSSR count). The Hall–Kier alpha value is -3.72. The Bertz CT molecular complexity index is 1060. The Morgan fingerprint density at radius 3 is 2.00 bits per heavy atom. The molecule has 0 saturated heterocycles. The van der Waals surface area contributed by atoms with Crippen LogP contribution in [0.3, 0.4) is 0 Å². The molecule has 1 aliphatic carbocycles. The number of amides is 1.